The summed E-state index contributed by atoms with van der Waals surface area (Å²) in [6.45, 7) is 2.61. The van der Waals surface area contributed by atoms with Gasteiger partial charge in [-0.15, -0.1) is 0 Å². The third-order valence-corrected chi connectivity index (χ3v) is 2.80. The molecule has 86 valence electrons. The predicted octanol–water partition coefficient (Wildman–Crippen LogP) is 1.34. The molecule has 0 radical (unpaired) electrons. The highest BCUT2D eigenvalue weighted by Crippen LogP contribution is 2.17. The number of benzene rings is 1. The third kappa shape index (κ3) is 2.07. The summed E-state index contributed by atoms with van der Waals surface area (Å²) in [7, 11) is 0. The highest BCUT2D eigenvalue weighted by Gasteiger charge is 2.26. The van der Waals surface area contributed by atoms with Gasteiger partial charge in [0.1, 0.15) is 5.82 Å². The summed E-state index contributed by atoms with van der Waals surface area (Å²) in [6.07, 6.45) is 0.0935. The lowest BCUT2D eigenvalue weighted by molar-refractivity contribution is 0.0760. The zero-order valence-corrected chi connectivity index (χ0v) is 9.11. The summed E-state index contributed by atoms with van der Waals surface area (Å²) in [6, 6.07) is 4.47. The summed E-state index contributed by atoms with van der Waals surface area (Å²) in [5, 5.41) is 9.33. The smallest absolute Gasteiger partial charge is 0.256 e. The molecule has 1 fully saturated rings. The molecular formula is C12H14FNO2. The Bertz CT molecular complexity index is 419. The van der Waals surface area contributed by atoms with Crippen LogP contribution in [0.3, 0.4) is 0 Å². The fourth-order valence-corrected chi connectivity index (χ4v) is 1.90. The Balaban J connectivity index is 2.23. The van der Waals surface area contributed by atoms with E-state index in [9.17, 15) is 14.3 Å². The van der Waals surface area contributed by atoms with E-state index in [-0.39, 0.29) is 11.5 Å². The second-order valence-corrected chi connectivity index (χ2v) is 4.18. The molecule has 1 aromatic rings. The molecule has 0 unspecified atom stereocenters. The number of aliphatic hydroxyl groups excluding tert-OH is 1. The monoisotopic (exact) mass is 223 g/mol. The average Bonchev–Trinajstić information content (AvgIpc) is 2.67. The van der Waals surface area contributed by atoms with E-state index in [1.165, 1.54) is 11.0 Å². The Morgan fingerprint density at radius 1 is 1.56 bits per heavy atom. The van der Waals surface area contributed by atoms with E-state index in [1.807, 2.05) is 6.92 Å². The lowest BCUT2D eigenvalue weighted by atomic mass is 10.1. The minimum atomic E-state index is -0.503. The zero-order chi connectivity index (χ0) is 11.7. The minimum Gasteiger partial charge on any atom is -0.391 e. The van der Waals surface area contributed by atoms with Crippen LogP contribution in [0.5, 0.6) is 0 Å². The van der Waals surface area contributed by atoms with Crippen LogP contribution >= 0.6 is 0 Å². The Labute approximate surface area is 93.5 Å². The number of aryl methyl sites for hydroxylation is 1. The summed E-state index contributed by atoms with van der Waals surface area (Å²) in [4.78, 5) is 13.4. The summed E-state index contributed by atoms with van der Waals surface area (Å²) in [5.74, 6) is -0.838. The molecule has 1 aliphatic rings. The molecule has 1 aromatic carbocycles. The molecule has 16 heavy (non-hydrogen) atoms. The van der Waals surface area contributed by atoms with Crippen molar-refractivity contribution in [3.8, 4) is 0 Å². The molecule has 0 bridgehead atoms. The van der Waals surface area contributed by atoms with Crippen molar-refractivity contribution in [3.05, 3.63) is 35.1 Å². The van der Waals surface area contributed by atoms with Crippen LogP contribution in [-0.2, 0) is 0 Å². The van der Waals surface area contributed by atoms with Gasteiger partial charge >= 0.3 is 0 Å². The molecule has 1 amide bonds. The number of halogens is 1. The van der Waals surface area contributed by atoms with Gasteiger partial charge in [0.25, 0.3) is 5.91 Å². The maximum Gasteiger partial charge on any atom is 0.256 e. The fourth-order valence-electron chi connectivity index (χ4n) is 1.90. The fraction of sp³-hybridized carbons (Fsp3) is 0.417. The molecule has 1 N–H and O–H groups in total. The molecule has 0 aliphatic carbocycles. The topological polar surface area (TPSA) is 40.5 Å². The van der Waals surface area contributed by atoms with Gasteiger partial charge in [0.2, 0.25) is 0 Å². The maximum absolute atomic E-state index is 13.5. The van der Waals surface area contributed by atoms with Crippen LogP contribution < -0.4 is 0 Å². The van der Waals surface area contributed by atoms with Gasteiger partial charge in [0.15, 0.2) is 0 Å². The Kier molecular flexibility index (Phi) is 2.92. The van der Waals surface area contributed by atoms with Gasteiger partial charge in [0.05, 0.1) is 11.7 Å². The number of hydrogen-bond acceptors (Lipinski definition) is 2. The van der Waals surface area contributed by atoms with E-state index in [4.69, 9.17) is 0 Å². The molecule has 1 aliphatic heterocycles. The molecule has 0 saturated carbocycles. The summed E-state index contributed by atoms with van der Waals surface area (Å²) in [5.41, 5.74) is 0.943. The van der Waals surface area contributed by atoms with Crippen LogP contribution in [0.25, 0.3) is 0 Å². The third-order valence-electron chi connectivity index (χ3n) is 2.80. The molecule has 4 heteroatoms. The van der Waals surface area contributed by atoms with E-state index in [0.29, 0.717) is 19.5 Å². The number of aliphatic hydroxyl groups is 1. The summed E-state index contributed by atoms with van der Waals surface area (Å²) >= 11 is 0. The quantitative estimate of drug-likeness (QED) is 0.780. The van der Waals surface area contributed by atoms with Crippen LogP contribution in [0.15, 0.2) is 18.2 Å². The predicted molar refractivity (Wildman–Crippen MR) is 57.7 cm³/mol. The largest absolute Gasteiger partial charge is 0.391 e. The van der Waals surface area contributed by atoms with E-state index in [0.717, 1.165) is 5.56 Å². The lowest BCUT2D eigenvalue weighted by Gasteiger charge is -2.16. The second kappa shape index (κ2) is 4.22. The average molecular weight is 223 g/mol. The van der Waals surface area contributed by atoms with Crippen LogP contribution in [-0.4, -0.2) is 35.1 Å². The molecule has 0 spiro atoms. The van der Waals surface area contributed by atoms with E-state index in [1.54, 1.807) is 12.1 Å². The number of carbonyl (C=O) groups is 1. The number of amides is 1. The van der Waals surface area contributed by atoms with Crippen LogP contribution in [0, 0.1) is 12.7 Å². The van der Waals surface area contributed by atoms with Crippen molar-refractivity contribution in [1.29, 1.82) is 0 Å². The molecular weight excluding hydrogens is 209 g/mol. The van der Waals surface area contributed by atoms with Gasteiger partial charge in [-0.1, -0.05) is 11.6 Å². The molecule has 1 heterocycles. The van der Waals surface area contributed by atoms with Crippen molar-refractivity contribution >= 4 is 5.91 Å². The van der Waals surface area contributed by atoms with Crippen LogP contribution in [0.2, 0.25) is 0 Å². The van der Waals surface area contributed by atoms with Gasteiger partial charge in [-0.05, 0) is 25.5 Å². The van der Waals surface area contributed by atoms with Gasteiger partial charge in [0, 0.05) is 13.1 Å². The first-order valence-electron chi connectivity index (χ1n) is 5.31. The number of rotatable bonds is 1. The summed E-state index contributed by atoms with van der Waals surface area (Å²) < 4.78 is 13.5. The Morgan fingerprint density at radius 2 is 2.31 bits per heavy atom. The number of likely N-dealkylation sites (tertiary alicyclic amines) is 1. The lowest BCUT2D eigenvalue weighted by Crippen LogP contribution is -2.30. The van der Waals surface area contributed by atoms with Crippen molar-refractivity contribution in [3.63, 3.8) is 0 Å². The maximum atomic E-state index is 13.5. The van der Waals surface area contributed by atoms with Crippen molar-refractivity contribution in [2.24, 2.45) is 0 Å². The van der Waals surface area contributed by atoms with Gasteiger partial charge in [-0.3, -0.25) is 4.79 Å². The van der Waals surface area contributed by atoms with E-state index >= 15 is 0 Å². The zero-order valence-electron chi connectivity index (χ0n) is 9.11. The number of carbonyl (C=O) groups excluding carboxylic acids is 1. The number of β-amino-alcohol motifs (C(OH)–C–C–N with tert-alkyl or cyclic N) is 1. The second-order valence-electron chi connectivity index (χ2n) is 4.18. The molecule has 2 rings (SSSR count). The van der Waals surface area contributed by atoms with Gasteiger partial charge < -0.3 is 10.0 Å². The van der Waals surface area contributed by atoms with Crippen LogP contribution in [0.1, 0.15) is 22.3 Å². The molecule has 1 saturated heterocycles. The van der Waals surface area contributed by atoms with E-state index in [2.05, 4.69) is 0 Å². The van der Waals surface area contributed by atoms with Crippen molar-refractivity contribution in [1.82, 2.24) is 4.90 Å². The Hall–Kier alpha value is -1.42. The van der Waals surface area contributed by atoms with Crippen molar-refractivity contribution in [2.75, 3.05) is 13.1 Å². The first-order chi connectivity index (χ1) is 7.58. The normalized spacial score (nSPS) is 20.2. The first kappa shape index (κ1) is 11.1. The van der Waals surface area contributed by atoms with Crippen LogP contribution in [0.4, 0.5) is 4.39 Å². The highest BCUT2D eigenvalue weighted by molar-refractivity contribution is 5.94. The minimum absolute atomic E-state index is 0.0918. The first-order valence-corrected chi connectivity index (χ1v) is 5.31. The highest BCUT2D eigenvalue weighted by atomic mass is 19.1. The SMILES string of the molecule is Cc1ccc(F)c(C(=O)N2CC[C@H](O)C2)c1. The Morgan fingerprint density at radius 3 is 2.94 bits per heavy atom. The standard InChI is InChI=1S/C12H14FNO2/c1-8-2-3-11(13)10(6-8)12(16)14-5-4-9(15)7-14/h2-3,6,9,15H,4-5,7H2,1H3/t9-/m0/s1. The molecule has 1 atom stereocenters. The van der Waals surface area contributed by atoms with Gasteiger partial charge in [-0.2, -0.15) is 0 Å². The number of hydrogen-bond donors (Lipinski definition) is 1. The molecule has 0 aromatic heterocycles. The van der Waals surface area contributed by atoms with Gasteiger partial charge in [-0.25, -0.2) is 4.39 Å². The van der Waals surface area contributed by atoms with E-state index < -0.39 is 11.9 Å². The number of nitrogens with zero attached hydrogens (tertiary/aromatic N) is 1. The van der Waals surface area contributed by atoms with Crippen molar-refractivity contribution in [2.45, 2.75) is 19.4 Å². The van der Waals surface area contributed by atoms with Crippen molar-refractivity contribution < 1.29 is 14.3 Å². The molecule has 3 nitrogen and oxygen atoms in total.